The molecule has 3 aliphatic heterocycles. The summed E-state index contributed by atoms with van der Waals surface area (Å²) < 4.78 is 12.0. The highest BCUT2D eigenvalue weighted by atomic mass is 16.5. The summed E-state index contributed by atoms with van der Waals surface area (Å²) in [5, 5.41) is 0. The zero-order valence-electron chi connectivity index (χ0n) is 18.9. The SMILES string of the molecule is COc1cccc([C@@H]2CN3CCC[C@H]3c3cccc(OCCCN4CCCCC4)c32)c1. The summed E-state index contributed by atoms with van der Waals surface area (Å²) in [5.74, 6) is 2.36. The Balaban J connectivity index is 1.38. The van der Waals surface area contributed by atoms with E-state index in [0.29, 0.717) is 12.0 Å². The minimum absolute atomic E-state index is 0.331. The number of rotatable bonds is 7. The van der Waals surface area contributed by atoms with Crippen LogP contribution < -0.4 is 9.47 Å². The standard InChI is InChI=1S/C27H36N2O2/c1-30-22-10-5-9-21(19-22)24-20-29-17-7-12-25(29)23-11-6-13-26(27(23)24)31-18-8-16-28-14-3-2-4-15-28/h5-6,9-11,13,19,24-25H,2-4,7-8,12,14-18,20H2,1H3/t24-,25-/m0/s1. The molecular weight excluding hydrogens is 384 g/mol. The van der Waals surface area contributed by atoms with Crippen molar-refractivity contribution in [3.8, 4) is 11.5 Å². The molecular formula is C27H36N2O2. The summed E-state index contributed by atoms with van der Waals surface area (Å²) in [5.41, 5.74) is 4.22. The van der Waals surface area contributed by atoms with Crippen molar-refractivity contribution in [2.24, 2.45) is 0 Å². The molecule has 2 atom stereocenters. The first kappa shape index (κ1) is 20.8. The fourth-order valence-corrected chi connectivity index (χ4v) is 5.86. The number of methoxy groups -OCH3 is 1. The van der Waals surface area contributed by atoms with E-state index in [1.807, 2.05) is 6.07 Å². The first-order chi connectivity index (χ1) is 15.3. The molecule has 0 radical (unpaired) electrons. The van der Waals surface area contributed by atoms with Gasteiger partial charge in [-0.05, 0) is 81.1 Å². The molecule has 4 heteroatoms. The van der Waals surface area contributed by atoms with E-state index in [4.69, 9.17) is 9.47 Å². The molecule has 0 aliphatic carbocycles. The molecule has 5 rings (SSSR count). The van der Waals surface area contributed by atoms with Crippen molar-refractivity contribution in [2.45, 2.75) is 50.5 Å². The Labute approximate surface area is 187 Å². The van der Waals surface area contributed by atoms with Gasteiger partial charge < -0.3 is 14.4 Å². The van der Waals surface area contributed by atoms with E-state index in [1.54, 1.807) is 7.11 Å². The molecule has 2 saturated heterocycles. The summed E-state index contributed by atoms with van der Waals surface area (Å²) in [6, 6.07) is 15.9. The van der Waals surface area contributed by atoms with Gasteiger partial charge in [-0.3, -0.25) is 4.90 Å². The van der Waals surface area contributed by atoms with Gasteiger partial charge in [-0.25, -0.2) is 0 Å². The molecule has 31 heavy (non-hydrogen) atoms. The van der Waals surface area contributed by atoms with E-state index >= 15 is 0 Å². The summed E-state index contributed by atoms with van der Waals surface area (Å²) in [7, 11) is 1.75. The minimum Gasteiger partial charge on any atom is -0.497 e. The van der Waals surface area contributed by atoms with Crippen LogP contribution in [-0.2, 0) is 0 Å². The van der Waals surface area contributed by atoms with Gasteiger partial charge in [0.05, 0.1) is 13.7 Å². The first-order valence-corrected chi connectivity index (χ1v) is 12.2. The van der Waals surface area contributed by atoms with Gasteiger partial charge in [-0.15, -0.1) is 0 Å². The Kier molecular flexibility index (Phi) is 6.47. The second kappa shape index (κ2) is 9.62. The monoisotopic (exact) mass is 420 g/mol. The Morgan fingerprint density at radius 2 is 1.84 bits per heavy atom. The van der Waals surface area contributed by atoms with E-state index in [1.165, 1.54) is 68.4 Å². The fraction of sp³-hybridized carbons (Fsp3) is 0.556. The van der Waals surface area contributed by atoms with Crippen LogP contribution in [0, 0.1) is 0 Å². The Bertz CT molecular complexity index is 877. The van der Waals surface area contributed by atoms with Crippen LogP contribution in [0.5, 0.6) is 11.5 Å². The quantitative estimate of drug-likeness (QED) is 0.573. The maximum absolute atomic E-state index is 6.48. The van der Waals surface area contributed by atoms with Gasteiger partial charge in [0.25, 0.3) is 0 Å². The van der Waals surface area contributed by atoms with Crippen LogP contribution >= 0.6 is 0 Å². The predicted molar refractivity (Wildman–Crippen MR) is 125 cm³/mol. The average Bonchev–Trinajstić information content (AvgIpc) is 3.31. The van der Waals surface area contributed by atoms with Gasteiger partial charge in [0.1, 0.15) is 11.5 Å². The molecule has 0 aromatic heterocycles. The summed E-state index contributed by atoms with van der Waals surface area (Å²) in [4.78, 5) is 5.27. The van der Waals surface area contributed by atoms with Gasteiger partial charge in [0.2, 0.25) is 0 Å². The van der Waals surface area contributed by atoms with Crippen molar-refractivity contribution in [1.82, 2.24) is 9.80 Å². The van der Waals surface area contributed by atoms with Gasteiger partial charge >= 0.3 is 0 Å². The molecule has 0 bridgehead atoms. The second-order valence-electron chi connectivity index (χ2n) is 9.35. The lowest BCUT2D eigenvalue weighted by molar-refractivity contribution is 0.200. The molecule has 4 nitrogen and oxygen atoms in total. The average molecular weight is 421 g/mol. The van der Waals surface area contributed by atoms with E-state index < -0.39 is 0 Å². The van der Waals surface area contributed by atoms with Gasteiger partial charge in [0.15, 0.2) is 0 Å². The Hall–Kier alpha value is -2.04. The summed E-state index contributed by atoms with van der Waals surface area (Å²) in [6.45, 7) is 6.74. The third kappa shape index (κ3) is 4.47. The third-order valence-corrected chi connectivity index (χ3v) is 7.41. The molecule has 166 valence electrons. The largest absolute Gasteiger partial charge is 0.497 e. The Morgan fingerprint density at radius 1 is 0.968 bits per heavy atom. The maximum atomic E-state index is 6.48. The molecule has 2 aromatic rings. The normalized spacial score (nSPS) is 23.9. The lowest BCUT2D eigenvalue weighted by Gasteiger charge is -2.38. The van der Waals surface area contributed by atoms with Crippen LogP contribution in [0.25, 0.3) is 0 Å². The molecule has 0 saturated carbocycles. The van der Waals surface area contributed by atoms with Crippen LogP contribution in [0.3, 0.4) is 0 Å². The van der Waals surface area contributed by atoms with Crippen LogP contribution in [0.1, 0.15) is 67.2 Å². The Morgan fingerprint density at radius 3 is 2.71 bits per heavy atom. The molecule has 2 fully saturated rings. The second-order valence-corrected chi connectivity index (χ2v) is 9.35. The van der Waals surface area contributed by atoms with Crippen molar-refractivity contribution < 1.29 is 9.47 Å². The molecule has 0 N–H and O–H groups in total. The number of ether oxygens (including phenoxy) is 2. The zero-order valence-corrected chi connectivity index (χ0v) is 18.9. The van der Waals surface area contributed by atoms with Crippen molar-refractivity contribution in [2.75, 3.05) is 46.4 Å². The summed E-state index contributed by atoms with van der Waals surface area (Å²) in [6.07, 6.45) is 7.75. The lowest BCUT2D eigenvalue weighted by atomic mass is 9.81. The van der Waals surface area contributed by atoms with Crippen molar-refractivity contribution in [1.29, 1.82) is 0 Å². The van der Waals surface area contributed by atoms with Crippen LogP contribution in [0.4, 0.5) is 0 Å². The predicted octanol–water partition coefficient (Wildman–Crippen LogP) is 5.23. The van der Waals surface area contributed by atoms with E-state index in [0.717, 1.165) is 37.6 Å². The number of likely N-dealkylation sites (tertiary alicyclic amines) is 1. The number of nitrogens with zero attached hydrogens (tertiary/aromatic N) is 2. The van der Waals surface area contributed by atoms with Gasteiger partial charge in [-0.2, -0.15) is 0 Å². The van der Waals surface area contributed by atoms with Crippen LogP contribution in [-0.4, -0.2) is 56.2 Å². The molecule has 0 amide bonds. The summed E-state index contributed by atoms with van der Waals surface area (Å²) >= 11 is 0. The highest BCUT2D eigenvalue weighted by molar-refractivity contribution is 5.51. The van der Waals surface area contributed by atoms with Crippen molar-refractivity contribution in [3.05, 3.63) is 59.2 Å². The maximum Gasteiger partial charge on any atom is 0.123 e. The highest BCUT2D eigenvalue weighted by Gasteiger charge is 2.38. The zero-order chi connectivity index (χ0) is 21.0. The van der Waals surface area contributed by atoms with Crippen LogP contribution in [0.15, 0.2) is 42.5 Å². The van der Waals surface area contributed by atoms with E-state index in [2.05, 4.69) is 46.2 Å². The van der Waals surface area contributed by atoms with Gasteiger partial charge in [0, 0.05) is 30.6 Å². The number of hydrogen-bond donors (Lipinski definition) is 0. The van der Waals surface area contributed by atoms with Crippen LogP contribution in [0.2, 0.25) is 0 Å². The first-order valence-electron chi connectivity index (χ1n) is 12.2. The minimum atomic E-state index is 0.331. The molecule has 3 heterocycles. The number of fused-ring (bicyclic) bond motifs is 3. The van der Waals surface area contributed by atoms with E-state index in [9.17, 15) is 0 Å². The number of hydrogen-bond acceptors (Lipinski definition) is 4. The molecule has 3 aliphatic rings. The number of benzene rings is 2. The van der Waals surface area contributed by atoms with Crippen molar-refractivity contribution >= 4 is 0 Å². The molecule has 0 unspecified atom stereocenters. The van der Waals surface area contributed by atoms with Gasteiger partial charge in [-0.1, -0.05) is 30.7 Å². The van der Waals surface area contributed by atoms with Crippen molar-refractivity contribution in [3.63, 3.8) is 0 Å². The topological polar surface area (TPSA) is 24.9 Å². The molecule has 0 spiro atoms. The third-order valence-electron chi connectivity index (χ3n) is 7.41. The lowest BCUT2D eigenvalue weighted by Crippen LogP contribution is -2.35. The molecule has 2 aromatic carbocycles. The number of piperidine rings is 1. The highest BCUT2D eigenvalue weighted by Crippen LogP contribution is 2.47. The smallest absolute Gasteiger partial charge is 0.123 e. The van der Waals surface area contributed by atoms with E-state index in [-0.39, 0.29) is 0 Å². The fourth-order valence-electron chi connectivity index (χ4n) is 5.86.